The average Bonchev–Trinajstić information content (AvgIpc) is 2.87. The highest BCUT2D eigenvalue weighted by molar-refractivity contribution is 7.90. The Morgan fingerprint density at radius 3 is 1.77 bits per heavy atom. The fourth-order valence-electron chi connectivity index (χ4n) is 4.42. The smallest absolute Gasteiger partial charge is 0.379 e. The lowest BCUT2D eigenvalue weighted by Crippen LogP contribution is -2.25. The molecule has 1 atom stereocenters. The molecule has 1 aromatic rings. The summed E-state index contributed by atoms with van der Waals surface area (Å²) in [6.45, 7) is 2.18. The highest BCUT2D eigenvalue weighted by Crippen LogP contribution is 2.36. The molecule has 1 unspecified atom stereocenters. The zero-order valence-electron chi connectivity index (χ0n) is 24.5. The van der Waals surface area contributed by atoms with Gasteiger partial charge < -0.3 is 19.3 Å². The normalized spacial score (nSPS) is 13.1. The van der Waals surface area contributed by atoms with E-state index in [2.05, 4.69) is 11.4 Å². The van der Waals surface area contributed by atoms with Crippen molar-refractivity contribution < 1.29 is 41.2 Å². The van der Waals surface area contributed by atoms with Crippen LogP contribution >= 0.6 is 7.82 Å². The van der Waals surface area contributed by atoms with Gasteiger partial charge in [-0.3, -0.25) is 4.52 Å². The van der Waals surface area contributed by atoms with Gasteiger partial charge >= 0.3 is 7.82 Å². The van der Waals surface area contributed by atoms with Gasteiger partial charge in [-0.2, -0.15) is 0 Å². The minimum Gasteiger partial charge on any atom is -0.379 e. The summed E-state index contributed by atoms with van der Waals surface area (Å²) >= 11 is 0. The van der Waals surface area contributed by atoms with Gasteiger partial charge in [-0.1, -0.05) is 103 Å². The number of benzene rings is 1. The Kier molecular flexibility index (Phi) is 20.2. The zero-order chi connectivity index (χ0) is 29.7. The van der Waals surface area contributed by atoms with Crippen molar-refractivity contribution in [3.8, 4) is 0 Å². The van der Waals surface area contributed by atoms with Crippen molar-refractivity contribution in [1.29, 1.82) is 0 Å². The van der Waals surface area contributed by atoms with E-state index in [1.807, 2.05) is 0 Å². The molecule has 0 aliphatic rings. The minimum absolute atomic E-state index is 0.0347. The maximum absolute atomic E-state index is 13.8. The standard InChI is InChI=1S/C29H52FO8PS/c1-3-4-5-6-7-8-9-10-11-12-13-14-15-16-17-18-19-36-24-28(25-38-39(31,32)33)37-23-26-20-27(30)22-29(21-26)40(2,34)35/h20-22,28H,3-19,23-25H2,1-2H3,(H2,31,32,33). The molecule has 0 radical (unpaired) electrons. The second-order valence-corrected chi connectivity index (χ2v) is 13.9. The SMILES string of the molecule is CCCCCCCCCCCCCCCCCCOCC(COP(=O)(O)O)OCc1cc(F)cc(S(C)(=O)=O)c1. The van der Waals surface area contributed by atoms with E-state index < -0.39 is 36.2 Å². The van der Waals surface area contributed by atoms with Crippen molar-refractivity contribution in [3.05, 3.63) is 29.6 Å². The summed E-state index contributed by atoms with van der Waals surface area (Å²) in [6.07, 6.45) is 20.6. The number of phosphoric ester groups is 1. The molecule has 40 heavy (non-hydrogen) atoms. The van der Waals surface area contributed by atoms with E-state index >= 15 is 0 Å². The molecule has 0 saturated heterocycles. The number of hydrogen-bond donors (Lipinski definition) is 2. The number of ether oxygens (including phenoxy) is 2. The van der Waals surface area contributed by atoms with Crippen LogP contribution in [0.5, 0.6) is 0 Å². The van der Waals surface area contributed by atoms with Crippen LogP contribution in [-0.4, -0.2) is 50.4 Å². The summed E-state index contributed by atoms with van der Waals surface area (Å²) in [5.74, 6) is -0.718. The topological polar surface area (TPSA) is 119 Å². The van der Waals surface area contributed by atoms with E-state index in [1.54, 1.807) is 0 Å². The molecular weight excluding hydrogens is 558 g/mol. The predicted octanol–water partition coefficient (Wildman–Crippen LogP) is 7.50. The van der Waals surface area contributed by atoms with Gasteiger partial charge in [0.05, 0.1) is 24.7 Å². The molecule has 1 aromatic carbocycles. The largest absolute Gasteiger partial charge is 0.469 e. The second-order valence-electron chi connectivity index (χ2n) is 10.7. The monoisotopic (exact) mass is 610 g/mol. The van der Waals surface area contributed by atoms with Gasteiger partial charge in [-0.05, 0) is 30.2 Å². The Bertz CT molecular complexity index is 938. The molecule has 234 valence electrons. The van der Waals surface area contributed by atoms with E-state index in [1.165, 1.54) is 89.5 Å². The van der Waals surface area contributed by atoms with Crippen LogP contribution in [0.4, 0.5) is 4.39 Å². The Balaban J connectivity index is 2.18. The highest BCUT2D eigenvalue weighted by Gasteiger charge is 2.20. The van der Waals surface area contributed by atoms with Crippen LogP contribution in [0.1, 0.15) is 115 Å². The molecule has 8 nitrogen and oxygen atoms in total. The second kappa shape index (κ2) is 21.8. The third-order valence-electron chi connectivity index (χ3n) is 6.72. The van der Waals surface area contributed by atoms with Crippen molar-refractivity contribution in [2.24, 2.45) is 0 Å². The van der Waals surface area contributed by atoms with Crippen LogP contribution in [0.3, 0.4) is 0 Å². The number of phosphoric acid groups is 1. The molecule has 0 aliphatic carbocycles. The van der Waals surface area contributed by atoms with Crippen molar-refractivity contribution >= 4 is 17.7 Å². The average molecular weight is 611 g/mol. The molecule has 0 spiro atoms. The van der Waals surface area contributed by atoms with Crippen LogP contribution < -0.4 is 0 Å². The fraction of sp³-hybridized carbons (Fsp3) is 0.793. The van der Waals surface area contributed by atoms with Gasteiger partial charge in [0.2, 0.25) is 0 Å². The van der Waals surface area contributed by atoms with Crippen LogP contribution in [0.25, 0.3) is 0 Å². The molecule has 11 heteroatoms. The van der Waals surface area contributed by atoms with E-state index in [0.717, 1.165) is 37.7 Å². The first-order chi connectivity index (χ1) is 19.0. The lowest BCUT2D eigenvalue weighted by molar-refractivity contribution is -0.0494. The van der Waals surface area contributed by atoms with Crippen molar-refractivity contribution in [1.82, 2.24) is 0 Å². The van der Waals surface area contributed by atoms with Gasteiger partial charge in [0, 0.05) is 12.9 Å². The third kappa shape index (κ3) is 20.9. The predicted molar refractivity (Wildman–Crippen MR) is 156 cm³/mol. The maximum atomic E-state index is 13.8. The Labute approximate surface area is 241 Å². The Morgan fingerprint density at radius 1 is 0.800 bits per heavy atom. The first-order valence-electron chi connectivity index (χ1n) is 14.9. The number of hydrogen-bond acceptors (Lipinski definition) is 6. The molecular formula is C29H52FO8PS. The summed E-state index contributed by atoms with van der Waals surface area (Å²) in [7, 11) is -8.31. The van der Waals surface area contributed by atoms with Gasteiger partial charge in [0.15, 0.2) is 9.84 Å². The van der Waals surface area contributed by atoms with Crippen LogP contribution in [-0.2, 0) is 35.0 Å². The molecule has 0 bridgehead atoms. The Hall–Kier alpha value is -0.870. The highest BCUT2D eigenvalue weighted by atomic mass is 32.2. The molecule has 1 rings (SSSR count). The minimum atomic E-state index is -4.71. The third-order valence-corrected chi connectivity index (χ3v) is 8.30. The number of sulfone groups is 1. The molecule has 0 aromatic heterocycles. The van der Waals surface area contributed by atoms with E-state index in [4.69, 9.17) is 19.3 Å². The molecule has 0 aliphatic heterocycles. The van der Waals surface area contributed by atoms with E-state index in [0.29, 0.717) is 6.61 Å². The van der Waals surface area contributed by atoms with Gasteiger partial charge in [-0.15, -0.1) is 0 Å². The van der Waals surface area contributed by atoms with Gasteiger partial charge in [0.25, 0.3) is 0 Å². The van der Waals surface area contributed by atoms with Crippen molar-refractivity contribution in [2.45, 2.75) is 127 Å². The number of halogens is 1. The fourth-order valence-corrected chi connectivity index (χ4v) is 5.48. The summed E-state index contributed by atoms with van der Waals surface area (Å²) in [5.41, 5.74) is 0.277. The molecule has 2 N–H and O–H groups in total. The quantitative estimate of drug-likeness (QED) is 0.0817. The lowest BCUT2D eigenvalue weighted by atomic mass is 10.0. The Morgan fingerprint density at radius 2 is 1.30 bits per heavy atom. The van der Waals surface area contributed by atoms with E-state index in [-0.39, 0.29) is 23.7 Å². The maximum Gasteiger partial charge on any atom is 0.469 e. The zero-order valence-corrected chi connectivity index (χ0v) is 26.2. The van der Waals surface area contributed by atoms with Crippen LogP contribution in [0, 0.1) is 5.82 Å². The summed E-state index contributed by atoms with van der Waals surface area (Å²) in [4.78, 5) is 17.9. The van der Waals surface area contributed by atoms with Crippen molar-refractivity contribution in [2.75, 3.05) is 26.1 Å². The molecule has 0 saturated carbocycles. The van der Waals surface area contributed by atoms with Gasteiger partial charge in [-0.25, -0.2) is 17.4 Å². The number of unbranched alkanes of at least 4 members (excludes halogenated alkanes) is 15. The van der Waals surface area contributed by atoms with Gasteiger partial charge in [0.1, 0.15) is 11.9 Å². The van der Waals surface area contributed by atoms with Crippen LogP contribution in [0.2, 0.25) is 0 Å². The lowest BCUT2D eigenvalue weighted by Gasteiger charge is -2.19. The number of rotatable bonds is 26. The van der Waals surface area contributed by atoms with Crippen LogP contribution in [0.15, 0.2) is 23.1 Å². The molecule has 0 amide bonds. The molecule has 0 heterocycles. The summed E-state index contributed by atoms with van der Waals surface area (Å²) in [5, 5.41) is 0. The summed E-state index contributed by atoms with van der Waals surface area (Å²) < 4.78 is 64.3. The van der Waals surface area contributed by atoms with Crippen molar-refractivity contribution in [3.63, 3.8) is 0 Å². The summed E-state index contributed by atoms with van der Waals surface area (Å²) in [6, 6.07) is 3.37. The first kappa shape index (κ1) is 37.2. The molecule has 0 fully saturated rings. The first-order valence-corrected chi connectivity index (χ1v) is 18.3. The van der Waals surface area contributed by atoms with E-state index in [9.17, 15) is 17.4 Å².